The number of nitrogens with zero attached hydrogens (tertiary/aromatic N) is 1. The fourth-order valence-electron chi connectivity index (χ4n) is 3.40. The van der Waals surface area contributed by atoms with E-state index in [2.05, 4.69) is 5.32 Å². The predicted octanol–water partition coefficient (Wildman–Crippen LogP) is 4.24. The molecule has 0 unspecified atom stereocenters. The Morgan fingerprint density at radius 1 is 1.04 bits per heavy atom. The van der Waals surface area contributed by atoms with E-state index in [1.54, 1.807) is 36.4 Å². The number of carbonyl (C=O) groups is 1. The van der Waals surface area contributed by atoms with Gasteiger partial charge in [-0.1, -0.05) is 12.5 Å². The maximum absolute atomic E-state index is 12.4. The van der Waals surface area contributed by atoms with Crippen molar-refractivity contribution in [1.29, 1.82) is 5.26 Å². The van der Waals surface area contributed by atoms with Crippen molar-refractivity contribution in [1.82, 2.24) is 0 Å². The molecule has 1 aliphatic heterocycles. The Morgan fingerprint density at radius 2 is 1.84 bits per heavy atom. The minimum absolute atomic E-state index is 0.261. The topological polar surface area (TPSA) is 71.4 Å². The largest absolute Gasteiger partial charge is 0.448 e. The zero-order valence-electron chi connectivity index (χ0n) is 13.7. The molecular weight excluding hydrogens is 316 g/mol. The smallest absolute Gasteiger partial charge is 0.255 e. The molecule has 0 radical (unpaired) electrons. The van der Waals surface area contributed by atoms with E-state index in [0.29, 0.717) is 22.6 Å². The van der Waals surface area contributed by atoms with Gasteiger partial charge < -0.3 is 14.8 Å². The summed E-state index contributed by atoms with van der Waals surface area (Å²) in [5, 5.41) is 11.8. The molecular formula is C20H18N2O3. The Morgan fingerprint density at radius 3 is 2.64 bits per heavy atom. The minimum Gasteiger partial charge on any atom is -0.448 e. The minimum atomic E-state index is -0.523. The molecule has 126 valence electrons. The highest BCUT2D eigenvalue weighted by Crippen LogP contribution is 2.46. The van der Waals surface area contributed by atoms with Gasteiger partial charge in [-0.15, -0.1) is 0 Å². The van der Waals surface area contributed by atoms with Crippen LogP contribution in [0.2, 0.25) is 0 Å². The molecule has 25 heavy (non-hydrogen) atoms. The highest BCUT2D eigenvalue weighted by molar-refractivity contribution is 6.04. The molecule has 5 heteroatoms. The number of amides is 1. The molecule has 2 aromatic rings. The van der Waals surface area contributed by atoms with Gasteiger partial charge in [-0.25, -0.2) is 0 Å². The fraction of sp³-hybridized carbons (Fsp3) is 0.300. The average molecular weight is 334 g/mol. The summed E-state index contributed by atoms with van der Waals surface area (Å²) < 4.78 is 12.1. The molecule has 0 bridgehead atoms. The van der Waals surface area contributed by atoms with E-state index in [4.69, 9.17) is 14.7 Å². The van der Waals surface area contributed by atoms with Gasteiger partial charge in [0.25, 0.3) is 11.7 Å². The molecule has 0 atom stereocenters. The van der Waals surface area contributed by atoms with E-state index in [1.807, 2.05) is 12.1 Å². The van der Waals surface area contributed by atoms with Crippen molar-refractivity contribution in [2.24, 2.45) is 0 Å². The monoisotopic (exact) mass is 334 g/mol. The van der Waals surface area contributed by atoms with E-state index >= 15 is 0 Å². The van der Waals surface area contributed by atoms with E-state index < -0.39 is 5.79 Å². The number of hydrogen-bond donors (Lipinski definition) is 1. The highest BCUT2D eigenvalue weighted by atomic mass is 16.7. The Kier molecular flexibility index (Phi) is 3.81. The lowest BCUT2D eigenvalue weighted by Crippen LogP contribution is -2.40. The van der Waals surface area contributed by atoms with Crippen LogP contribution in [0.3, 0.4) is 0 Å². The third-order valence-corrected chi connectivity index (χ3v) is 4.66. The summed E-state index contributed by atoms with van der Waals surface area (Å²) in [7, 11) is 0. The van der Waals surface area contributed by atoms with Crippen LogP contribution in [0.5, 0.6) is 11.5 Å². The van der Waals surface area contributed by atoms with Crippen molar-refractivity contribution < 1.29 is 14.3 Å². The molecule has 2 aliphatic rings. The molecule has 4 rings (SSSR count). The zero-order chi connectivity index (χ0) is 17.3. The van der Waals surface area contributed by atoms with E-state index in [-0.39, 0.29) is 5.91 Å². The van der Waals surface area contributed by atoms with Crippen LogP contribution in [0.25, 0.3) is 0 Å². The van der Waals surface area contributed by atoms with E-state index in [9.17, 15) is 4.79 Å². The van der Waals surface area contributed by atoms with Crippen LogP contribution >= 0.6 is 0 Å². The van der Waals surface area contributed by atoms with Crippen LogP contribution in [-0.4, -0.2) is 11.7 Å². The van der Waals surface area contributed by atoms with Gasteiger partial charge in [0.2, 0.25) is 0 Å². The lowest BCUT2D eigenvalue weighted by molar-refractivity contribution is -0.105. The summed E-state index contributed by atoms with van der Waals surface area (Å²) in [6.07, 6.45) is 5.21. The molecule has 1 fully saturated rings. The summed E-state index contributed by atoms with van der Waals surface area (Å²) in [6, 6.07) is 14.1. The normalized spacial score (nSPS) is 17.1. The van der Waals surface area contributed by atoms with Gasteiger partial charge in [0.05, 0.1) is 11.6 Å². The van der Waals surface area contributed by atoms with E-state index in [0.717, 1.165) is 31.4 Å². The quantitative estimate of drug-likeness (QED) is 0.891. The molecule has 0 aromatic heterocycles. The number of rotatable bonds is 2. The third-order valence-electron chi connectivity index (χ3n) is 4.66. The Bertz CT molecular complexity index is 863. The molecule has 1 amide bonds. The molecule has 1 saturated carbocycles. The van der Waals surface area contributed by atoms with Crippen molar-refractivity contribution in [3.8, 4) is 17.6 Å². The summed E-state index contributed by atoms with van der Waals surface area (Å²) >= 11 is 0. The SMILES string of the molecule is N#Cc1cccc(C(=O)Nc2ccc3c(c2)OC2(CCCCC2)O3)c1. The fourth-order valence-corrected chi connectivity index (χ4v) is 3.40. The number of fused-ring (bicyclic) bond motifs is 1. The van der Waals surface area contributed by atoms with Crippen molar-refractivity contribution in [2.45, 2.75) is 37.9 Å². The summed E-state index contributed by atoms with van der Waals surface area (Å²) in [6.45, 7) is 0. The standard InChI is InChI=1S/C20H18N2O3/c21-13-14-5-4-6-15(11-14)19(23)22-16-7-8-17-18(12-16)25-20(24-17)9-2-1-3-10-20/h4-8,11-12H,1-3,9-10H2,(H,22,23). The van der Waals surface area contributed by atoms with Gasteiger partial charge in [0, 0.05) is 30.2 Å². The highest BCUT2D eigenvalue weighted by Gasteiger charge is 2.42. The molecule has 1 spiro atoms. The van der Waals surface area contributed by atoms with Crippen molar-refractivity contribution in [3.05, 3.63) is 53.6 Å². The van der Waals surface area contributed by atoms with Crippen LogP contribution in [-0.2, 0) is 0 Å². The van der Waals surface area contributed by atoms with Crippen LogP contribution < -0.4 is 14.8 Å². The maximum Gasteiger partial charge on any atom is 0.255 e. The maximum atomic E-state index is 12.4. The number of carbonyl (C=O) groups excluding carboxylic acids is 1. The predicted molar refractivity (Wildman–Crippen MR) is 92.6 cm³/mol. The molecule has 0 saturated heterocycles. The molecule has 5 nitrogen and oxygen atoms in total. The van der Waals surface area contributed by atoms with Crippen LogP contribution in [0, 0.1) is 11.3 Å². The molecule has 1 heterocycles. The Labute approximate surface area is 146 Å². The van der Waals surface area contributed by atoms with Crippen molar-refractivity contribution in [2.75, 3.05) is 5.32 Å². The van der Waals surface area contributed by atoms with Gasteiger partial charge in [0.1, 0.15) is 0 Å². The number of benzene rings is 2. The summed E-state index contributed by atoms with van der Waals surface area (Å²) in [5.74, 6) is 0.616. The second kappa shape index (κ2) is 6.14. The van der Waals surface area contributed by atoms with E-state index in [1.165, 1.54) is 6.42 Å². The first-order chi connectivity index (χ1) is 12.2. The van der Waals surface area contributed by atoms with Gasteiger partial charge in [-0.3, -0.25) is 4.79 Å². The van der Waals surface area contributed by atoms with Crippen LogP contribution in [0.4, 0.5) is 5.69 Å². The number of anilines is 1. The van der Waals surface area contributed by atoms with Crippen LogP contribution in [0.1, 0.15) is 48.0 Å². The second-order valence-electron chi connectivity index (χ2n) is 6.48. The number of ether oxygens (including phenoxy) is 2. The molecule has 2 aromatic carbocycles. The lowest BCUT2D eigenvalue weighted by Gasteiger charge is -2.31. The Hall–Kier alpha value is -3.00. The number of nitrogens with one attached hydrogen (secondary N) is 1. The second-order valence-corrected chi connectivity index (χ2v) is 6.48. The first-order valence-electron chi connectivity index (χ1n) is 8.51. The van der Waals surface area contributed by atoms with Gasteiger partial charge in [-0.05, 0) is 43.2 Å². The summed E-state index contributed by atoms with van der Waals surface area (Å²) in [4.78, 5) is 12.4. The van der Waals surface area contributed by atoms with Gasteiger partial charge >= 0.3 is 0 Å². The number of nitriles is 1. The molecule has 1 aliphatic carbocycles. The zero-order valence-corrected chi connectivity index (χ0v) is 13.7. The van der Waals surface area contributed by atoms with Gasteiger partial charge in [-0.2, -0.15) is 5.26 Å². The van der Waals surface area contributed by atoms with Crippen molar-refractivity contribution >= 4 is 11.6 Å². The van der Waals surface area contributed by atoms with Crippen LogP contribution in [0.15, 0.2) is 42.5 Å². The molecule has 1 N–H and O–H groups in total. The Balaban J connectivity index is 1.51. The first kappa shape index (κ1) is 15.5. The summed E-state index contributed by atoms with van der Waals surface area (Å²) in [5.41, 5.74) is 1.54. The van der Waals surface area contributed by atoms with Crippen molar-refractivity contribution in [3.63, 3.8) is 0 Å². The number of hydrogen-bond acceptors (Lipinski definition) is 4. The average Bonchev–Trinajstić information content (AvgIpc) is 2.98. The first-order valence-corrected chi connectivity index (χ1v) is 8.51. The third kappa shape index (κ3) is 3.03. The van der Waals surface area contributed by atoms with Gasteiger partial charge in [0.15, 0.2) is 11.5 Å². The lowest BCUT2D eigenvalue weighted by atomic mass is 9.94.